The van der Waals surface area contributed by atoms with E-state index in [2.05, 4.69) is 4.90 Å². The predicted octanol–water partition coefficient (Wildman–Crippen LogP) is 2.51. The van der Waals surface area contributed by atoms with Gasteiger partial charge in [0, 0.05) is 49.9 Å². The van der Waals surface area contributed by atoms with Crippen LogP contribution in [-0.4, -0.2) is 69.4 Å². The van der Waals surface area contributed by atoms with Crippen molar-refractivity contribution in [2.75, 3.05) is 32.8 Å². The van der Waals surface area contributed by atoms with Gasteiger partial charge in [-0.05, 0) is 23.3 Å². The monoisotopic (exact) mass is 492 g/mol. The zero-order chi connectivity index (χ0) is 24.8. The van der Waals surface area contributed by atoms with Crippen molar-refractivity contribution in [1.29, 1.82) is 0 Å². The fourth-order valence-corrected chi connectivity index (χ4v) is 3.71. The molecule has 1 N–H and O–H groups in total. The summed E-state index contributed by atoms with van der Waals surface area (Å²) in [5.41, 5.74) is -0.586. The molecule has 0 bridgehead atoms. The van der Waals surface area contributed by atoms with Crippen molar-refractivity contribution in [1.82, 2.24) is 9.80 Å². The first-order valence-electron chi connectivity index (χ1n) is 10.2. The minimum atomic E-state index is -1.30. The molecule has 1 amide bonds. The SMILES string of the molecule is O=C(O)Cc1cc([N+](=O)[O-])c(OCC(=O)N2CCN(Cc3ccc(Cl)cc3)CC2)c([N+](=O)[O-])c1. The quantitative estimate of drug-likeness (QED) is 0.410. The number of nitro groups is 2. The lowest BCUT2D eigenvalue weighted by atomic mass is 10.1. The molecule has 0 spiro atoms. The van der Waals surface area contributed by atoms with Crippen molar-refractivity contribution in [2.24, 2.45) is 0 Å². The number of carboxylic acid groups (broad SMARTS) is 1. The van der Waals surface area contributed by atoms with Gasteiger partial charge in [0.1, 0.15) is 0 Å². The molecule has 0 atom stereocenters. The van der Waals surface area contributed by atoms with Gasteiger partial charge in [-0.1, -0.05) is 23.7 Å². The highest BCUT2D eigenvalue weighted by Gasteiger charge is 2.30. The topological polar surface area (TPSA) is 156 Å². The molecule has 0 unspecified atom stereocenters. The Labute approximate surface area is 198 Å². The van der Waals surface area contributed by atoms with Crippen LogP contribution in [0.25, 0.3) is 0 Å². The Bertz CT molecular complexity index is 1070. The number of aliphatic carboxylic acids is 1. The van der Waals surface area contributed by atoms with Gasteiger partial charge < -0.3 is 14.7 Å². The molecular weight excluding hydrogens is 472 g/mol. The summed E-state index contributed by atoms with van der Waals surface area (Å²) in [6.07, 6.45) is -0.638. The number of carbonyl (C=O) groups excluding carboxylic acids is 1. The predicted molar refractivity (Wildman–Crippen MR) is 120 cm³/mol. The summed E-state index contributed by atoms with van der Waals surface area (Å²) in [5, 5.41) is 32.4. The third-order valence-corrected chi connectivity index (χ3v) is 5.49. The molecule has 0 radical (unpaired) electrons. The summed E-state index contributed by atoms with van der Waals surface area (Å²) in [7, 11) is 0. The van der Waals surface area contributed by atoms with Crippen LogP contribution in [0.4, 0.5) is 11.4 Å². The third kappa shape index (κ3) is 6.39. The van der Waals surface area contributed by atoms with Crippen LogP contribution in [0.15, 0.2) is 36.4 Å². The average Bonchev–Trinajstić information content (AvgIpc) is 2.79. The van der Waals surface area contributed by atoms with Crippen molar-refractivity contribution < 1.29 is 29.3 Å². The number of piperazine rings is 1. The molecule has 0 aromatic heterocycles. The Morgan fingerprint density at radius 2 is 1.53 bits per heavy atom. The Balaban J connectivity index is 1.64. The summed E-state index contributed by atoms with van der Waals surface area (Å²) >= 11 is 5.90. The van der Waals surface area contributed by atoms with E-state index in [0.29, 0.717) is 37.7 Å². The van der Waals surface area contributed by atoms with Crippen molar-refractivity contribution in [3.63, 3.8) is 0 Å². The van der Waals surface area contributed by atoms with E-state index in [9.17, 15) is 29.8 Å². The number of benzene rings is 2. The molecule has 12 nitrogen and oxygen atoms in total. The highest BCUT2D eigenvalue weighted by molar-refractivity contribution is 6.30. The maximum absolute atomic E-state index is 12.6. The lowest BCUT2D eigenvalue weighted by Crippen LogP contribution is -2.49. The highest BCUT2D eigenvalue weighted by Crippen LogP contribution is 2.38. The van der Waals surface area contributed by atoms with Gasteiger partial charge in [-0.2, -0.15) is 0 Å². The number of nitrogens with zero attached hydrogens (tertiary/aromatic N) is 4. The van der Waals surface area contributed by atoms with Gasteiger partial charge in [0.15, 0.2) is 6.61 Å². The van der Waals surface area contributed by atoms with Crippen molar-refractivity contribution in [3.8, 4) is 5.75 Å². The summed E-state index contributed by atoms with van der Waals surface area (Å²) in [4.78, 5) is 48.2. The molecule has 0 aliphatic carbocycles. The number of carbonyl (C=O) groups is 2. The number of hydrogen-bond donors (Lipinski definition) is 1. The lowest BCUT2D eigenvalue weighted by Gasteiger charge is -2.34. The van der Waals surface area contributed by atoms with Gasteiger partial charge in [0.2, 0.25) is 0 Å². The van der Waals surface area contributed by atoms with Crippen molar-refractivity contribution in [2.45, 2.75) is 13.0 Å². The largest absolute Gasteiger partial charge is 0.481 e. The number of amides is 1. The van der Waals surface area contributed by atoms with E-state index in [1.165, 1.54) is 4.90 Å². The first-order chi connectivity index (χ1) is 16.1. The molecule has 2 aromatic carbocycles. The van der Waals surface area contributed by atoms with Gasteiger partial charge in [-0.3, -0.25) is 34.7 Å². The van der Waals surface area contributed by atoms with Crippen LogP contribution in [0.5, 0.6) is 5.75 Å². The van der Waals surface area contributed by atoms with Gasteiger partial charge in [0.25, 0.3) is 11.7 Å². The molecule has 1 fully saturated rings. The fraction of sp³-hybridized carbons (Fsp3) is 0.333. The smallest absolute Gasteiger partial charge is 0.318 e. The lowest BCUT2D eigenvalue weighted by molar-refractivity contribution is -0.396. The summed E-state index contributed by atoms with van der Waals surface area (Å²) in [6, 6.07) is 9.26. The number of hydrogen-bond acceptors (Lipinski definition) is 8. The number of rotatable bonds is 9. The van der Waals surface area contributed by atoms with E-state index in [0.717, 1.165) is 17.7 Å². The second-order valence-corrected chi connectivity index (χ2v) is 8.06. The van der Waals surface area contributed by atoms with Crippen LogP contribution in [0, 0.1) is 20.2 Å². The number of carboxylic acids is 1. The number of halogens is 1. The Morgan fingerprint density at radius 3 is 2.03 bits per heavy atom. The fourth-order valence-electron chi connectivity index (χ4n) is 3.58. The minimum Gasteiger partial charge on any atom is -0.481 e. The zero-order valence-corrected chi connectivity index (χ0v) is 18.6. The number of nitro benzene ring substituents is 2. The Kier molecular flexibility index (Phi) is 7.97. The molecule has 1 aliphatic rings. The standard InChI is InChI=1S/C21H21ClN4O8/c22-16-3-1-14(2-4-16)12-23-5-7-24(8-6-23)19(27)13-34-21-17(25(30)31)9-15(11-20(28)29)10-18(21)26(32)33/h1-4,9-10H,5-8,11-13H2,(H,28,29). The van der Waals surface area contributed by atoms with Crippen LogP contribution >= 0.6 is 11.6 Å². The summed E-state index contributed by atoms with van der Waals surface area (Å²) < 4.78 is 5.25. The van der Waals surface area contributed by atoms with E-state index in [-0.39, 0.29) is 5.56 Å². The molecule has 3 rings (SSSR count). The Morgan fingerprint density at radius 1 is 0.971 bits per heavy atom. The first kappa shape index (κ1) is 24.9. The van der Waals surface area contributed by atoms with Crippen LogP contribution in [0.1, 0.15) is 11.1 Å². The average molecular weight is 493 g/mol. The van der Waals surface area contributed by atoms with Crippen LogP contribution in [0.3, 0.4) is 0 Å². The maximum atomic E-state index is 12.6. The summed E-state index contributed by atoms with van der Waals surface area (Å²) in [5.74, 6) is -2.45. The molecular formula is C21H21ClN4O8. The molecule has 1 saturated heterocycles. The van der Waals surface area contributed by atoms with E-state index in [1.807, 2.05) is 12.1 Å². The summed E-state index contributed by atoms with van der Waals surface area (Å²) in [6.45, 7) is 2.06. The van der Waals surface area contributed by atoms with Gasteiger partial charge >= 0.3 is 17.3 Å². The van der Waals surface area contributed by atoms with Gasteiger partial charge in [0.05, 0.1) is 16.3 Å². The van der Waals surface area contributed by atoms with Crippen LogP contribution in [0.2, 0.25) is 5.02 Å². The van der Waals surface area contributed by atoms with E-state index in [4.69, 9.17) is 21.4 Å². The van der Waals surface area contributed by atoms with E-state index in [1.54, 1.807) is 12.1 Å². The minimum absolute atomic E-state index is 0.124. The molecule has 1 aliphatic heterocycles. The molecule has 1 heterocycles. The van der Waals surface area contributed by atoms with E-state index < -0.39 is 51.9 Å². The molecule has 0 saturated carbocycles. The molecule has 34 heavy (non-hydrogen) atoms. The molecule has 13 heteroatoms. The third-order valence-electron chi connectivity index (χ3n) is 5.24. The van der Waals surface area contributed by atoms with Crippen molar-refractivity contribution in [3.05, 3.63) is 72.8 Å². The second kappa shape index (κ2) is 10.9. The van der Waals surface area contributed by atoms with Crippen LogP contribution < -0.4 is 4.74 Å². The normalized spacial score (nSPS) is 14.0. The number of ether oxygens (including phenoxy) is 1. The zero-order valence-electron chi connectivity index (χ0n) is 17.9. The molecule has 2 aromatic rings. The van der Waals surface area contributed by atoms with Crippen molar-refractivity contribution >= 4 is 34.9 Å². The second-order valence-electron chi connectivity index (χ2n) is 7.62. The Hall–Kier alpha value is -3.77. The van der Waals surface area contributed by atoms with E-state index >= 15 is 0 Å². The first-order valence-corrected chi connectivity index (χ1v) is 10.6. The highest BCUT2D eigenvalue weighted by atomic mass is 35.5. The molecule has 180 valence electrons. The van der Waals surface area contributed by atoms with Gasteiger partial charge in [-0.25, -0.2) is 0 Å². The maximum Gasteiger partial charge on any atom is 0.318 e. The van der Waals surface area contributed by atoms with Gasteiger partial charge in [-0.15, -0.1) is 0 Å². The van der Waals surface area contributed by atoms with Crippen LogP contribution in [-0.2, 0) is 22.6 Å².